The summed E-state index contributed by atoms with van der Waals surface area (Å²) in [4.78, 5) is 11.9. The lowest BCUT2D eigenvalue weighted by Crippen LogP contribution is -2.38. The molecule has 0 aliphatic rings. The van der Waals surface area contributed by atoms with E-state index in [1.54, 1.807) is 6.92 Å². The highest BCUT2D eigenvalue weighted by molar-refractivity contribution is 9.10. The van der Waals surface area contributed by atoms with Crippen molar-refractivity contribution in [3.05, 3.63) is 34.3 Å². The van der Waals surface area contributed by atoms with Crippen molar-refractivity contribution in [1.82, 2.24) is 5.32 Å². The van der Waals surface area contributed by atoms with E-state index < -0.39 is 5.92 Å². The average Bonchev–Trinajstić information content (AvgIpc) is 2.38. The highest BCUT2D eigenvalue weighted by Crippen LogP contribution is 2.15. The van der Waals surface area contributed by atoms with Gasteiger partial charge in [0.25, 0.3) is 0 Å². The summed E-state index contributed by atoms with van der Waals surface area (Å²) in [6.07, 6.45) is 0.484. The minimum atomic E-state index is -0.600. The summed E-state index contributed by atoms with van der Waals surface area (Å²) in [7, 11) is 0. The van der Waals surface area contributed by atoms with Crippen LogP contribution in [0.25, 0.3) is 0 Å². The number of hydrogen-bond donors (Lipinski definition) is 3. The highest BCUT2D eigenvalue weighted by atomic mass is 79.9. The summed E-state index contributed by atoms with van der Waals surface area (Å²) in [5.41, 5.74) is 6.43. The van der Waals surface area contributed by atoms with Gasteiger partial charge in [-0.3, -0.25) is 4.79 Å². The molecule has 1 aromatic carbocycles. The lowest BCUT2D eigenvalue weighted by atomic mass is 10.0. The van der Waals surface area contributed by atoms with Crippen LogP contribution >= 0.6 is 15.9 Å². The van der Waals surface area contributed by atoms with Crippen LogP contribution in [0.15, 0.2) is 33.9 Å². The normalized spacial score (nSPS) is 13.1. The molecule has 0 radical (unpaired) electrons. The molecule has 1 rings (SSSR count). The van der Waals surface area contributed by atoms with E-state index in [0.717, 1.165) is 10.0 Å². The first-order chi connectivity index (χ1) is 8.60. The molecular weight excluding hydrogens is 298 g/mol. The first kappa shape index (κ1) is 14.5. The number of carbonyl (C=O) groups excluding carboxylic acids is 1. The number of nitrogens with two attached hydrogens (primary N) is 1. The molecule has 0 saturated carbocycles. The van der Waals surface area contributed by atoms with E-state index in [1.807, 2.05) is 24.3 Å². The van der Waals surface area contributed by atoms with E-state index in [4.69, 9.17) is 10.9 Å². The van der Waals surface area contributed by atoms with E-state index in [9.17, 15) is 4.79 Å². The van der Waals surface area contributed by atoms with Gasteiger partial charge in [0, 0.05) is 11.0 Å². The third kappa shape index (κ3) is 3.73. The Morgan fingerprint density at radius 3 is 2.78 bits per heavy atom. The van der Waals surface area contributed by atoms with E-state index in [2.05, 4.69) is 26.4 Å². The molecule has 0 heterocycles. The first-order valence-corrected chi connectivity index (χ1v) is 6.38. The summed E-state index contributed by atoms with van der Waals surface area (Å²) in [5.74, 6) is -0.914. The smallest absolute Gasteiger partial charge is 0.231 e. The van der Waals surface area contributed by atoms with Crippen molar-refractivity contribution in [3.8, 4) is 0 Å². The molecule has 0 aliphatic carbocycles. The molecule has 0 fully saturated rings. The summed E-state index contributed by atoms with van der Waals surface area (Å²) >= 11 is 3.40. The number of benzene rings is 1. The lowest BCUT2D eigenvalue weighted by Gasteiger charge is -2.13. The molecule has 98 valence electrons. The molecule has 1 amide bonds. The van der Waals surface area contributed by atoms with Gasteiger partial charge in [0.15, 0.2) is 5.84 Å². The largest absolute Gasteiger partial charge is 0.409 e. The first-order valence-electron chi connectivity index (χ1n) is 5.58. The molecule has 0 aliphatic heterocycles. The number of nitrogens with one attached hydrogen (secondary N) is 1. The fourth-order valence-corrected chi connectivity index (χ4v) is 1.97. The number of amidine groups is 1. The SMILES string of the molecule is CCC(C(=O)NCc1ccccc1Br)C(N)=NO. The second-order valence-electron chi connectivity index (χ2n) is 3.79. The van der Waals surface area contributed by atoms with Gasteiger partial charge in [-0.25, -0.2) is 0 Å². The minimum Gasteiger partial charge on any atom is -0.409 e. The van der Waals surface area contributed by atoms with Crippen molar-refractivity contribution in [2.24, 2.45) is 16.8 Å². The number of amides is 1. The van der Waals surface area contributed by atoms with Gasteiger partial charge in [-0.2, -0.15) is 0 Å². The number of rotatable bonds is 5. The van der Waals surface area contributed by atoms with Crippen LogP contribution in [0.1, 0.15) is 18.9 Å². The van der Waals surface area contributed by atoms with Crippen LogP contribution in [-0.2, 0) is 11.3 Å². The Morgan fingerprint density at radius 2 is 2.22 bits per heavy atom. The van der Waals surface area contributed by atoms with Gasteiger partial charge in [-0.05, 0) is 18.1 Å². The molecule has 5 nitrogen and oxygen atoms in total. The Kier molecular flexibility index (Phi) is 5.64. The summed E-state index contributed by atoms with van der Waals surface area (Å²) in [6, 6.07) is 7.62. The molecule has 4 N–H and O–H groups in total. The summed E-state index contributed by atoms with van der Waals surface area (Å²) < 4.78 is 0.933. The molecule has 0 saturated heterocycles. The lowest BCUT2D eigenvalue weighted by molar-refractivity contribution is -0.123. The summed E-state index contributed by atoms with van der Waals surface area (Å²) in [5, 5.41) is 14.2. The number of carbonyl (C=O) groups is 1. The molecule has 6 heteroatoms. The maximum Gasteiger partial charge on any atom is 0.231 e. The topological polar surface area (TPSA) is 87.7 Å². The van der Waals surface area contributed by atoms with Gasteiger partial charge in [0.2, 0.25) is 5.91 Å². The maximum atomic E-state index is 11.9. The Bertz CT molecular complexity index is 449. The van der Waals surface area contributed by atoms with E-state index >= 15 is 0 Å². The Hall–Kier alpha value is -1.56. The zero-order valence-electron chi connectivity index (χ0n) is 10.1. The van der Waals surface area contributed by atoms with Crippen molar-refractivity contribution >= 4 is 27.7 Å². The van der Waals surface area contributed by atoms with Gasteiger partial charge in [-0.1, -0.05) is 46.2 Å². The third-order valence-corrected chi connectivity index (χ3v) is 3.38. The van der Waals surface area contributed by atoms with Crippen LogP contribution in [0.3, 0.4) is 0 Å². The third-order valence-electron chi connectivity index (χ3n) is 2.61. The molecule has 1 unspecified atom stereocenters. The van der Waals surface area contributed by atoms with E-state index in [-0.39, 0.29) is 11.7 Å². The van der Waals surface area contributed by atoms with E-state index in [1.165, 1.54) is 0 Å². The van der Waals surface area contributed by atoms with Crippen molar-refractivity contribution in [1.29, 1.82) is 0 Å². The number of oxime groups is 1. The zero-order chi connectivity index (χ0) is 13.5. The van der Waals surface area contributed by atoms with Gasteiger partial charge in [-0.15, -0.1) is 0 Å². The van der Waals surface area contributed by atoms with Crippen LogP contribution in [0, 0.1) is 5.92 Å². The predicted octanol–water partition coefficient (Wildman–Crippen LogP) is 1.84. The molecule has 0 spiro atoms. The van der Waals surface area contributed by atoms with Gasteiger partial charge >= 0.3 is 0 Å². The van der Waals surface area contributed by atoms with Gasteiger partial charge in [0.05, 0.1) is 5.92 Å². The quantitative estimate of drug-likeness (QED) is 0.335. The van der Waals surface area contributed by atoms with E-state index in [0.29, 0.717) is 13.0 Å². The maximum absolute atomic E-state index is 11.9. The van der Waals surface area contributed by atoms with Crippen LogP contribution in [0.2, 0.25) is 0 Å². The number of nitrogens with zero attached hydrogens (tertiary/aromatic N) is 1. The van der Waals surface area contributed by atoms with Crippen LogP contribution in [-0.4, -0.2) is 17.0 Å². The molecule has 18 heavy (non-hydrogen) atoms. The van der Waals surface area contributed by atoms with Gasteiger partial charge < -0.3 is 16.3 Å². The van der Waals surface area contributed by atoms with Crippen molar-refractivity contribution < 1.29 is 10.0 Å². The predicted molar refractivity (Wildman–Crippen MR) is 73.2 cm³/mol. The Morgan fingerprint density at radius 1 is 1.56 bits per heavy atom. The van der Waals surface area contributed by atoms with Crippen molar-refractivity contribution in [2.45, 2.75) is 19.9 Å². The van der Waals surface area contributed by atoms with Crippen LogP contribution < -0.4 is 11.1 Å². The molecular formula is C12H16BrN3O2. The summed E-state index contributed by atoms with van der Waals surface area (Å²) in [6.45, 7) is 2.20. The minimum absolute atomic E-state index is 0.0675. The second-order valence-corrected chi connectivity index (χ2v) is 4.65. The number of hydrogen-bond acceptors (Lipinski definition) is 3. The Balaban J connectivity index is 2.63. The number of halogens is 1. The van der Waals surface area contributed by atoms with Crippen molar-refractivity contribution in [3.63, 3.8) is 0 Å². The molecule has 0 bridgehead atoms. The van der Waals surface area contributed by atoms with Crippen LogP contribution in [0.4, 0.5) is 0 Å². The Labute approximate surface area is 114 Å². The fourth-order valence-electron chi connectivity index (χ4n) is 1.55. The second kappa shape index (κ2) is 7.00. The van der Waals surface area contributed by atoms with Crippen molar-refractivity contribution in [2.75, 3.05) is 0 Å². The standard InChI is InChI=1S/C12H16BrN3O2/c1-2-9(11(14)16-18)12(17)15-7-8-5-3-4-6-10(8)13/h3-6,9,18H,2,7H2,1H3,(H2,14,16)(H,15,17). The fraction of sp³-hybridized carbons (Fsp3) is 0.333. The molecule has 1 aromatic rings. The molecule has 1 atom stereocenters. The zero-order valence-corrected chi connectivity index (χ0v) is 11.6. The monoisotopic (exact) mass is 313 g/mol. The average molecular weight is 314 g/mol. The highest BCUT2D eigenvalue weighted by Gasteiger charge is 2.20. The van der Waals surface area contributed by atoms with Gasteiger partial charge in [0.1, 0.15) is 0 Å². The van der Waals surface area contributed by atoms with Crippen LogP contribution in [0.5, 0.6) is 0 Å². The molecule has 0 aromatic heterocycles.